The molecule has 1 atom stereocenters. The lowest BCUT2D eigenvalue weighted by Crippen LogP contribution is -2.33. The SMILES string of the molecule is O=C1Nc2ccccc2CCC1Nc1cc(Cl)ccc1F. The van der Waals surface area contributed by atoms with Crippen molar-refractivity contribution < 1.29 is 9.18 Å². The molecule has 2 N–H and O–H groups in total. The highest BCUT2D eigenvalue weighted by Gasteiger charge is 2.24. The lowest BCUT2D eigenvalue weighted by Gasteiger charge is -2.17. The standard InChI is InChI=1S/C16H14ClFN2O/c17-11-6-7-12(18)15(9-11)19-14-8-5-10-3-1-2-4-13(10)20-16(14)21/h1-4,6-7,9,14,19H,5,8H2,(H,20,21). The van der Waals surface area contributed by atoms with E-state index in [0.29, 0.717) is 11.4 Å². The monoisotopic (exact) mass is 304 g/mol. The summed E-state index contributed by atoms with van der Waals surface area (Å²) in [5, 5.41) is 6.24. The molecule has 1 aliphatic rings. The maximum atomic E-state index is 13.8. The van der Waals surface area contributed by atoms with Gasteiger partial charge in [0.2, 0.25) is 5.91 Å². The fourth-order valence-electron chi connectivity index (χ4n) is 2.44. The molecule has 0 radical (unpaired) electrons. The first kappa shape index (κ1) is 13.9. The summed E-state index contributed by atoms with van der Waals surface area (Å²) in [4.78, 5) is 12.2. The minimum atomic E-state index is -0.495. The topological polar surface area (TPSA) is 41.1 Å². The predicted molar refractivity (Wildman–Crippen MR) is 82.2 cm³/mol. The van der Waals surface area contributed by atoms with E-state index in [9.17, 15) is 9.18 Å². The summed E-state index contributed by atoms with van der Waals surface area (Å²) >= 11 is 5.87. The maximum Gasteiger partial charge on any atom is 0.246 e. The second kappa shape index (κ2) is 5.74. The number of hydrogen-bond acceptors (Lipinski definition) is 2. The zero-order valence-corrected chi connectivity index (χ0v) is 12.0. The van der Waals surface area contributed by atoms with Gasteiger partial charge in [0.25, 0.3) is 0 Å². The number of benzene rings is 2. The highest BCUT2D eigenvalue weighted by Crippen LogP contribution is 2.25. The van der Waals surface area contributed by atoms with Gasteiger partial charge in [-0.3, -0.25) is 4.79 Å². The molecule has 0 fully saturated rings. The smallest absolute Gasteiger partial charge is 0.246 e. The van der Waals surface area contributed by atoms with Gasteiger partial charge in [0.15, 0.2) is 0 Å². The molecule has 0 saturated carbocycles. The molecular formula is C16H14ClFN2O. The van der Waals surface area contributed by atoms with E-state index in [4.69, 9.17) is 11.6 Å². The molecule has 1 amide bonds. The number of halogens is 2. The van der Waals surface area contributed by atoms with Crippen LogP contribution in [0, 0.1) is 5.82 Å². The van der Waals surface area contributed by atoms with Crippen molar-refractivity contribution in [1.29, 1.82) is 0 Å². The van der Waals surface area contributed by atoms with Crippen molar-refractivity contribution in [2.45, 2.75) is 18.9 Å². The maximum absolute atomic E-state index is 13.8. The lowest BCUT2D eigenvalue weighted by molar-refractivity contribution is -0.116. The zero-order valence-electron chi connectivity index (χ0n) is 11.2. The Morgan fingerprint density at radius 3 is 2.90 bits per heavy atom. The summed E-state index contributed by atoms with van der Waals surface area (Å²) in [5.41, 5.74) is 2.15. The van der Waals surface area contributed by atoms with E-state index in [-0.39, 0.29) is 11.6 Å². The molecule has 3 nitrogen and oxygen atoms in total. The first-order valence-corrected chi connectivity index (χ1v) is 7.11. The number of anilines is 2. The van der Waals surface area contributed by atoms with Crippen LogP contribution in [0.2, 0.25) is 5.02 Å². The quantitative estimate of drug-likeness (QED) is 0.885. The van der Waals surface area contributed by atoms with Crippen LogP contribution in [0.4, 0.5) is 15.8 Å². The van der Waals surface area contributed by atoms with Gasteiger partial charge in [0.05, 0.1) is 5.69 Å². The molecule has 0 aromatic heterocycles. The lowest BCUT2D eigenvalue weighted by atomic mass is 10.1. The summed E-state index contributed by atoms with van der Waals surface area (Å²) in [5.74, 6) is -0.590. The number of amides is 1. The Bertz CT molecular complexity index is 690. The Kier molecular flexibility index (Phi) is 3.80. The molecule has 2 aromatic carbocycles. The summed E-state index contributed by atoms with van der Waals surface area (Å²) in [7, 11) is 0. The summed E-state index contributed by atoms with van der Waals surface area (Å²) in [6.45, 7) is 0. The summed E-state index contributed by atoms with van der Waals surface area (Å²) in [6.07, 6.45) is 1.34. The average Bonchev–Trinajstić information content (AvgIpc) is 2.62. The summed E-state index contributed by atoms with van der Waals surface area (Å²) < 4.78 is 13.8. The third kappa shape index (κ3) is 3.00. The molecule has 0 saturated heterocycles. The fourth-order valence-corrected chi connectivity index (χ4v) is 2.62. The van der Waals surface area contributed by atoms with E-state index in [0.717, 1.165) is 17.7 Å². The highest BCUT2D eigenvalue weighted by atomic mass is 35.5. The minimum absolute atomic E-state index is 0.167. The molecule has 1 heterocycles. The molecule has 0 aliphatic carbocycles. The number of aryl methyl sites for hydroxylation is 1. The number of fused-ring (bicyclic) bond motifs is 1. The van der Waals surface area contributed by atoms with E-state index >= 15 is 0 Å². The van der Waals surface area contributed by atoms with Crippen LogP contribution < -0.4 is 10.6 Å². The number of nitrogens with one attached hydrogen (secondary N) is 2. The van der Waals surface area contributed by atoms with Crippen molar-refractivity contribution in [3.05, 3.63) is 58.9 Å². The molecule has 0 spiro atoms. The molecule has 1 unspecified atom stereocenters. The molecule has 0 bridgehead atoms. The number of rotatable bonds is 2. The van der Waals surface area contributed by atoms with Crippen LogP contribution in [0.15, 0.2) is 42.5 Å². The van der Waals surface area contributed by atoms with Crippen LogP contribution in [0.25, 0.3) is 0 Å². The first-order valence-electron chi connectivity index (χ1n) is 6.74. The molecule has 108 valence electrons. The van der Waals surface area contributed by atoms with Gasteiger partial charge >= 0.3 is 0 Å². The van der Waals surface area contributed by atoms with E-state index < -0.39 is 11.9 Å². The van der Waals surface area contributed by atoms with Crippen molar-refractivity contribution in [1.82, 2.24) is 0 Å². The van der Waals surface area contributed by atoms with Crippen LogP contribution in [-0.4, -0.2) is 11.9 Å². The van der Waals surface area contributed by atoms with Gasteiger partial charge in [0, 0.05) is 10.7 Å². The van der Waals surface area contributed by atoms with Crippen LogP contribution >= 0.6 is 11.6 Å². The van der Waals surface area contributed by atoms with Gasteiger partial charge in [-0.05, 0) is 42.7 Å². The van der Waals surface area contributed by atoms with Gasteiger partial charge in [-0.25, -0.2) is 4.39 Å². The molecule has 5 heteroatoms. The third-order valence-electron chi connectivity index (χ3n) is 3.55. The van der Waals surface area contributed by atoms with Gasteiger partial charge in [-0.15, -0.1) is 0 Å². The Labute approximate surface area is 127 Å². The van der Waals surface area contributed by atoms with Crippen molar-refractivity contribution in [2.75, 3.05) is 10.6 Å². The van der Waals surface area contributed by atoms with E-state index in [1.807, 2.05) is 24.3 Å². The molecule has 3 rings (SSSR count). The predicted octanol–water partition coefficient (Wildman–Crippen LogP) is 3.84. The van der Waals surface area contributed by atoms with Crippen LogP contribution in [0.5, 0.6) is 0 Å². The van der Waals surface area contributed by atoms with Crippen molar-refractivity contribution in [3.8, 4) is 0 Å². The van der Waals surface area contributed by atoms with E-state index in [1.54, 1.807) is 0 Å². The van der Waals surface area contributed by atoms with Gasteiger partial charge in [-0.1, -0.05) is 29.8 Å². The van der Waals surface area contributed by atoms with Gasteiger partial charge in [0.1, 0.15) is 11.9 Å². The largest absolute Gasteiger partial charge is 0.371 e. The third-order valence-corrected chi connectivity index (χ3v) is 3.79. The number of hydrogen-bond donors (Lipinski definition) is 2. The molecular weight excluding hydrogens is 291 g/mol. The summed E-state index contributed by atoms with van der Waals surface area (Å²) in [6, 6.07) is 11.4. The Hall–Kier alpha value is -2.07. The zero-order chi connectivity index (χ0) is 14.8. The van der Waals surface area contributed by atoms with E-state index in [1.165, 1.54) is 18.2 Å². The Morgan fingerprint density at radius 1 is 1.24 bits per heavy atom. The number of carbonyl (C=O) groups is 1. The Morgan fingerprint density at radius 2 is 2.05 bits per heavy atom. The second-order valence-electron chi connectivity index (χ2n) is 5.01. The van der Waals surface area contributed by atoms with Crippen LogP contribution in [0.1, 0.15) is 12.0 Å². The minimum Gasteiger partial charge on any atom is -0.371 e. The number of carbonyl (C=O) groups excluding carboxylic acids is 1. The average molecular weight is 305 g/mol. The molecule has 21 heavy (non-hydrogen) atoms. The molecule has 1 aliphatic heterocycles. The molecule has 2 aromatic rings. The Balaban J connectivity index is 1.81. The highest BCUT2D eigenvalue weighted by molar-refractivity contribution is 6.30. The van der Waals surface area contributed by atoms with Crippen molar-refractivity contribution in [2.24, 2.45) is 0 Å². The van der Waals surface area contributed by atoms with E-state index in [2.05, 4.69) is 10.6 Å². The van der Waals surface area contributed by atoms with Crippen molar-refractivity contribution >= 4 is 28.9 Å². The first-order chi connectivity index (χ1) is 10.1. The second-order valence-corrected chi connectivity index (χ2v) is 5.44. The fraction of sp³-hybridized carbons (Fsp3) is 0.188. The number of para-hydroxylation sites is 1. The van der Waals surface area contributed by atoms with Crippen LogP contribution in [-0.2, 0) is 11.2 Å². The van der Waals surface area contributed by atoms with Crippen molar-refractivity contribution in [3.63, 3.8) is 0 Å². The van der Waals surface area contributed by atoms with Crippen LogP contribution in [0.3, 0.4) is 0 Å². The van der Waals surface area contributed by atoms with Gasteiger partial charge in [-0.2, -0.15) is 0 Å². The normalized spacial score (nSPS) is 17.6. The van der Waals surface area contributed by atoms with Gasteiger partial charge < -0.3 is 10.6 Å².